The molecule has 0 heterocycles. The molecule has 0 bridgehead atoms. The van der Waals surface area contributed by atoms with Gasteiger partial charge in [0.05, 0.1) is 5.30 Å². The predicted octanol–water partition coefficient (Wildman–Crippen LogP) is 4.13. The Morgan fingerprint density at radius 3 is 1.78 bits per heavy atom. The van der Waals surface area contributed by atoms with Crippen molar-refractivity contribution in [2.75, 3.05) is 0 Å². The lowest BCUT2D eigenvalue weighted by Gasteiger charge is -2.18. The van der Waals surface area contributed by atoms with E-state index in [0.717, 1.165) is 16.7 Å². The highest BCUT2D eigenvalue weighted by Crippen LogP contribution is 2.43. The van der Waals surface area contributed by atoms with Crippen LogP contribution in [-0.2, 0) is 4.57 Å². The zero-order chi connectivity index (χ0) is 16.4. The Bertz CT molecular complexity index is 868. The third-order valence-corrected chi connectivity index (χ3v) is 4.98. The zero-order valence-electron chi connectivity index (χ0n) is 12.7. The number of benzene rings is 3. The van der Waals surface area contributed by atoms with Crippen molar-refractivity contribution >= 4 is 12.9 Å². The van der Waals surface area contributed by atoms with Crippen LogP contribution in [0.2, 0.25) is 0 Å². The molecule has 0 amide bonds. The second-order valence-corrected chi connectivity index (χ2v) is 6.96. The molecule has 0 saturated heterocycles. The van der Waals surface area contributed by atoms with Crippen molar-refractivity contribution in [3.8, 4) is 22.3 Å². The molecule has 0 fully saturated rings. The monoisotopic (exact) mass is 324 g/mol. The van der Waals surface area contributed by atoms with Crippen molar-refractivity contribution in [2.24, 2.45) is 0 Å². The summed E-state index contributed by atoms with van der Waals surface area (Å²) in [6.45, 7) is 1.73. The molecule has 3 aromatic carbocycles. The predicted molar refractivity (Wildman–Crippen MR) is 93.7 cm³/mol. The summed E-state index contributed by atoms with van der Waals surface area (Å²) in [5, 5.41) is 0.102. The molecular weight excluding hydrogens is 307 g/mol. The quantitative estimate of drug-likeness (QED) is 0.712. The lowest BCUT2D eigenvalue weighted by molar-refractivity contribution is 0.387. The third kappa shape index (κ3) is 3.13. The molecule has 0 spiro atoms. The highest BCUT2D eigenvalue weighted by Gasteiger charge is 2.27. The lowest BCUT2D eigenvalue weighted by Crippen LogP contribution is -2.13. The lowest BCUT2D eigenvalue weighted by atomic mass is 9.93. The largest absolute Gasteiger partial charge is 0.357 e. The Balaban J connectivity index is 2.41. The summed E-state index contributed by atoms with van der Waals surface area (Å²) in [6, 6.07) is 22.7. The molecule has 0 aromatic heterocycles. The van der Waals surface area contributed by atoms with Gasteiger partial charge in [-0.25, -0.2) is 0 Å². The highest BCUT2D eigenvalue weighted by atomic mass is 31.2. The van der Waals surface area contributed by atoms with Crippen LogP contribution in [0.15, 0.2) is 72.8 Å². The normalized spacial score (nSPS) is 11.4. The van der Waals surface area contributed by atoms with Gasteiger partial charge in [-0.2, -0.15) is 0 Å². The minimum absolute atomic E-state index is 0.102. The fraction of sp³-hybridized carbons (Fsp3) is 0.0526. The number of hydrogen-bond donors (Lipinski definition) is 2. The molecule has 0 saturated carbocycles. The van der Waals surface area contributed by atoms with Gasteiger partial charge in [0.15, 0.2) is 0 Å². The summed E-state index contributed by atoms with van der Waals surface area (Å²) in [4.78, 5) is 19.8. The van der Waals surface area contributed by atoms with Crippen LogP contribution in [0, 0.1) is 6.92 Å². The van der Waals surface area contributed by atoms with Gasteiger partial charge in [0.1, 0.15) is 0 Å². The third-order valence-electron chi connectivity index (χ3n) is 3.82. The van der Waals surface area contributed by atoms with E-state index < -0.39 is 7.60 Å². The van der Waals surface area contributed by atoms with Crippen molar-refractivity contribution in [3.05, 3.63) is 78.4 Å². The van der Waals surface area contributed by atoms with E-state index in [1.54, 1.807) is 13.0 Å². The Hall–Kier alpha value is -2.19. The first kappa shape index (κ1) is 15.7. The summed E-state index contributed by atoms with van der Waals surface area (Å²) < 4.78 is 12.1. The highest BCUT2D eigenvalue weighted by molar-refractivity contribution is 7.60. The van der Waals surface area contributed by atoms with E-state index in [9.17, 15) is 14.4 Å². The molecule has 4 heteroatoms. The molecule has 116 valence electrons. The molecule has 23 heavy (non-hydrogen) atoms. The molecule has 0 aliphatic carbocycles. The van der Waals surface area contributed by atoms with Crippen molar-refractivity contribution in [1.29, 1.82) is 0 Å². The smallest absolute Gasteiger partial charge is 0.321 e. The number of hydrogen-bond acceptors (Lipinski definition) is 1. The summed E-state index contributed by atoms with van der Waals surface area (Å²) in [7, 11) is -4.41. The van der Waals surface area contributed by atoms with Crippen LogP contribution in [0.5, 0.6) is 0 Å². The number of rotatable bonds is 3. The minimum atomic E-state index is -4.41. The fourth-order valence-electron chi connectivity index (χ4n) is 2.83. The van der Waals surface area contributed by atoms with Gasteiger partial charge < -0.3 is 9.79 Å². The van der Waals surface area contributed by atoms with Gasteiger partial charge in [-0.15, -0.1) is 0 Å². The van der Waals surface area contributed by atoms with E-state index in [4.69, 9.17) is 0 Å². The van der Waals surface area contributed by atoms with Gasteiger partial charge in [-0.05, 0) is 29.2 Å². The topological polar surface area (TPSA) is 57.5 Å². The van der Waals surface area contributed by atoms with Gasteiger partial charge in [0.2, 0.25) is 0 Å². The maximum atomic E-state index is 12.1. The van der Waals surface area contributed by atoms with Crippen molar-refractivity contribution in [3.63, 3.8) is 0 Å². The average Bonchev–Trinajstić information content (AvgIpc) is 2.55. The first-order valence-corrected chi connectivity index (χ1v) is 8.90. The standard InChI is InChI=1S/C19H17O3P/c1-14-12-13-17(15-8-4-2-5-9-15)18(19(14)23(20,21)22)16-10-6-3-7-11-16/h2-13H,1H3,(H2,20,21,22). The molecular formula is C19H17O3P. The van der Waals surface area contributed by atoms with Crippen LogP contribution in [0.1, 0.15) is 5.56 Å². The van der Waals surface area contributed by atoms with E-state index in [0.29, 0.717) is 11.1 Å². The molecule has 0 aliphatic heterocycles. The zero-order valence-corrected chi connectivity index (χ0v) is 13.6. The maximum absolute atomic E-state index is 12.1. The summed E-state index contributed by atoms with van der Waals surface area (Å²) in [5.41, 5.74) is 3.75. The maximum Gasteiger partial charge on any atom is 0.357 e. The van der Waals surface area contributed by atoms with Crippen LogP contribution in [0.25, 0.3) is 22.3 Å². The Morgan fingerprint density at radius 1 is 0.739 bits per heavy atom. The van der Waals surface area contributed by atoms with Gasteiger partial charge in [-0.3, -0.25) is 4.57 Å². The Labute approximate surface area is 135 Å². The second-order valence-electron chi connectivity index (χ2n) is 5.43. The van der Waals surface area contributed by atoms with Crippen LogP contribution in [-0.4, -0.2) is 9.79 Å². The van der Waals surface area contributed by atoms with Crippen LogP contribution in [0.3, 0.4) is 0 Å². The molecule has 3 aromatic rings. The van der Waals surface area contributed by atoms with Crippen molar-refractivity contribution < 1.29 is 14.4 Å². The van der Waals surface area contributed by atoms with E-state index in [1.807, 2.05) is 66.7 Å². The van der Waals surface area contributed by atoms with Crippen LogP contribution in [0.4, 0.5) is 0 Å². The SMILES string of the molecule is Cc1ccc(-c2ccccc2)c(-c2ccccc2)c1P(=O)(O)O. The van der Waals surface area contributed by atoms with Crippen LogP contribution < -0.4 is 5.30 Å². The van der Waals surface area contributed by atoms with E-state index in [-0.39, 0.29) is 5.30 Å². The summed E-state index contributed by atoms with van der Waals surface area (Å²) >= 11 is 0. The Morgan fingerprint density at radius 2 is 1.26 bits per heavy atom. The number of aryl methyl sites for hydroxylation is 1. The molecule has 0 unspecified atom stereocenters. The first-order chi connectivity index (χ1) is 11.0. The molecule has 3 nitrogen and oxygen atoms in total. The fourth-order valence-corrected chi connectivity index (χ4v) is 3.90. The van der Waals surface area contributed by atoms with Gasteiger partial charge in [0, 0.05) is 5.56 Å². The van der Waals surface area contributed by atoms with Gasteiger partial charge in [-0.1, -0.05) is 72.8 Å². The van der Waals surface area contributed by atoms with E-state index in [1.165, 1.54) is 0 Å². The van der Waals surface area contributed by atoms with Gasteiger partial charge >= 0.3 is 7.60 Å². The second kappa shape index (κ2) is 6.13. The van der Waals surface area contributed by atoms with Crippen molar-refractivity contribution in [1.82, 2.24) is 0 Å². The van der Waals surface area contributed by atoms with E-state index in [2.05, 4.69) is 0 Å². The molecule has 2 N–H and O–H groups in total. The van der Waals surface area contributed by atoms with Gasteiger partial charge in [0.25, 0.3) is 0 Å². The minimum Gasteiger partial charge on any atom is -0.321 e. The molecule has 0 radical (unpaired) electrons. The van der Waals surface area contributed by atoms with E-state index >= 15 is 0 Å². The van der Waals surface area contributed by atoms with Crippen molar-refractivity contribution in [2.45, 2.75) is 6.92 Å². The van der Waals surface area contributed by atoms with Crippen LogP contribution >= 0.6 is 7.60 Å². The Kier molecular flexibility index (Phi) is 4.18. The first-order valence-electron chi connectivity index (χ1n) is 7.29. The summed E-state index contributed by atoms with van der Waals surface area (Å²) in [5.74, 6) is 0. The molecule has 0 aliphatic rings. The molecule has 0 atom stereocenters. The summed E-state index contributed by atoms with van der Waals surface area (Å²) in [6.07, 6.45) is 0. The molecule has 3 rings (SSSR count). The average molecular weight is 324 g/mol.